The molecule has 3 aromatic rings. The number of halogens is 1. The van der Waals surface area contributed by atoms with Gasteiger partial charge in [-0.25, -0.2) is 4.39 Å². The maximum Gasteiger partial charge on any atom is 0.232 e. The van der Waals surface area contributed by atoms with E-state index in [1.165, 1.54) is 12.1 Å². The van der Waals surface area contributed by atoms with Gasteiger partial charge in [0, 0.05) is 24.2 Å². The van der Waals surface area contributed by atoms with Crippen LogP contribution in [0.2, 0.25) is 0 Å². The third-order valence-corrected chi connectivity index (χ3v) is 4.24. The first kappa shape index (κ1) is 19.3. The molecule has 3 rings (SSSR count). The van der Waals surface area contributed by atoms with Crippen molar-refractivity contribution >= 4 is 28.9 Å². The number of aryl methyl sites for hydroxylation is 1. The second kappa shape index (κ2) is 8.95. The van der Waals surface area contributed by atoms with E-state index in [1.807, 2.05) is 60.7 Å². The van der Waals surface area contributed by atoms with Gasteiger partial charge in [-0.3, -0.25) is 14.5 Å². The zero-order chi connectivity index (χ0) is 19.9. The Morgan fingerprint density at radius 1 is 0.857 bits per heavy atom. The normalized spacial score (nSPS) is 10.4. The molecule has 1 N–H and O–H groups in total. The molecule has 0 aliphatic heterocycles. The van der Waals surface area contributed by atoms with Crippen LogP contribution in [0.1, 0.15) is 18.4 Å². The van der Waals surface area contributed by atoms with E-state index in [-0.39, 0.29) is 24.4 Å². The minimum Gasteiger partial charge on any atom is -0.324 e. The highest BCUT2D eigenvalue weighted by atomic mass is 19.1. The summed E-state index contributed by atoms with van der Waals surface area (Å²) in [6, 6.07) is 23.1. The zero-order valence-corrected chi connectivity index (χ0v) is 15.6. The number of anilines is 3. The van der Waals surface area contributed by atoms with E-state index >= 15 is 0 Å². The molecule has 4 nitrogen and oxygen atoms in total. The maximum absolute atomic E-state index is 13.9. The molecule has 0 bridgehead atoms. The Kier molecular flexibility index (Phi) is 6.17. The first-order valence-electron chi connectivity index (χ1n) is 9.03. The highest BCUT2D eigenvalue weighted by molar-refractivity contribution is 6.02. The Bertz CT molecular complexity index is 919. The largest absolute Gasteiger partial charge is 0.324 e. The van der Waals surface area contributed by atoms with Gasteiger partial charge < -0.3 is 5.32 Å². The fourth-order valence-corrected chi connectivity index (χ4v) is 2.86. The van der Waals surface area contributed by atoms with Crippen molar-refractivity contribution in [1.29, 1.82) is 0 Å². The van der Waals surface area contributed by atoms with Gasteiger partial charge in [-0.15, -0.1) is 0 Å². The summed E-state index contributed by atoms with van der Waals surface area (Å²) in [6.07, 6.45) is -0.0363. The molecule has 0 saturated carbocycles. The summed E-state index contributed by atoms with van der Waals surface area (Å²) < 4.78 is 13.9. The molecule has 0 atom stereocenters. The van der Waals surface area contributed by atoms with Gasteiger partial charge in [-0.05, 0) is 48.9 Å². The predicted octanol–water partition coefficient (Wildman–Crippen LogP) is 5.22. The van der Waals surface area contributed by atoms with Crippen molar-refractivity contribution < 1.29 is 14.0 Å². The standard InChI is InChI=1S/C23H21FN2O2/c1-17-12-13-21(20(24)16-17)25-22(27)14-15-23(28)26(18-8-4-2-5-9-18)19-10-6-3-7-11-19/h2-13,16H,14-15H2,1H3,(H,25,27). The Balaban J connectivity index is 1.69. The number of para-hydroxylation sites is 2. The van der Waals surface area contributed by atoms with Crippen LogP contribution in [0.15, 0.2) is 78.9 Å². The van der Waals surface area contributed by atoms with Crippen molar-refractivity contribution in [2.24, 2.45) is 0 Å². The van der Waals surface area contributed by atoms with Crippen LogP contribution >= 0.6 is 0 Å². The van der Waals surface area contributed by atoms with E-state index < -0.39 is 11.7 Å². The van der Waals surface area contributed by atoms with E-state index in [9.17, 15) is 14.0 Å². The highest BCUT2D eigenvalue weighted by Gasteiger charge is 2.19. The number of benzene rings is 3. The maximum atomic E-state index is 13.9. The fraction of sp³-hybridized carbons (Fsp3) is 0.130. The summed E-state index contributed by atoms with van der Waals surface area (Å²) in [7, 11) is 0. The van der Waals surface area contributed by atoms with Crippen LogP contribution < -0.4 is 10.2 Å². The van der Waals surface area contributed by atoms with Crippen LogP contribution in [-0.2, 0) is 9.59 Å². The van der Waals surface area contributed by atoms with Crippen LogP contribution in [-0.4, -0.2) is 11.8 Å². The lowest BCUT2D eigenvalue weighted by atomic mass is 10.2. The number of nitrogens with one attached hydrogen (secondary N) is 1. The number of nitrogens with zero attached hydrogens (tertiary/aromatic N) is 1. The lowest BCUT2D eigenvalue weighted by Gasteiger charge is -2.23. The van der Waals surface area contributed by atoms with E-state index in [0.717, 1.165) is 16.9 Å². The van der Waals surface area contributed by atoms with Gasteiger partial charge in [0.05, 0.1) is 5.69 Å². The predicted molar refractivity (Wildman–Crippen MR) is 109 cm³/mol. The molecule has 3 aromatic carbocycles. The summed E-state index contributed by atoms with van der Waals surface area (Å²) in [5.74, 6) is -1.11. The Hall–Kier alpha value is -3.47. The molecule has 0 saturated heterocycles. The Morgan fingerprint density at radius 3 is 1.96 bits per heavy atom. The third kappa shape index (κ3) is 4.82. The number of hydrogen-bond acceptors (Lipinski definition) is 2. The summed E-state index contributed by atoms with van der Waals surface area (Å²) in [6.45, 7) is 1.77. The number of rotatable bonds is 6. The SMILES string of the molecule is Cc1ccc(NC(=O)CCC(=O)N(c2ccccc2)c2ccccc2)c(F)c1. The Morgan fingerprint density at radius 2 is 1.43 bits per heavy atom. The number of carbonyl (C=O) groups excluding carboxylic acids is 2. The van der Waals surface area contributed by atoms with Crippen LogP contribution in [0.4, 0.5) is 21.5 Å². The van der Waals surface area contributed by atoms with Gasteiger partial charge in [0.2, 0.25) is 11.8 Å². The minimum absolute atomic E-state index is 0.00308. The molecule has 142 valence electrons. The van der Waals surface area contributed by atoms with Crippen LogP contribution in [0.25, 0.3) is 0 Å². The van der Waals surface area contributed by atoms with Gasteiger partial charge in [-0.1, -0.05) is 42.5 Å². The molecule has 0 spiro atoms. The molecule has 0 fully saturated rings. The van der Waals surface area contributed by atoms with Crippen molar-refractivity contribution in [1.82, 2.24) is 0 Å². The van der Waals surface area contributed by atoms with E-state index in [4.69, 9.17) is 0 Å². The van der Waals surface area contributed by atoms with Gasteiger partial charge >= 0.3 is 0 Å². The molecule has 28 heavy (non-hydrogen) atoms. The minimum atomic E-state index is -0.491. The zero-order valence-electron chi connectivity index (χ0n) is 15.6. The van der Waals surface area contributed by atoms with Crippen molar-refractivity contribution in [3.05, 3.63) is 90.2 Å². The van der Waals surface area contributed by atoms with Gasteiger partial charge in [0.1, 0.15) is 5.82 Å². The monoisotopic (exact) mass is 376 g/mol. The Labute approximate surface area is 163 Å². The molecular formula is C23H21FN2O2. The van der Waals surface area contributed by atoms with Crippen LogP contribution in [0, 0.1) is 12.7 Å². The number of carbonyl (C=O) groups is 2. The molecule has 0 aliphatic carbocycles. The molecular weight excluding hydrogens is 355 g/mol. The van der Waals surface area contributed by atoms with Crippen molar-refractivity contribution in [2.75, 3.05) is 10.2 Å². The molecule has 2 amide bonds. The molecule has 0 heterocycles. The second-order valence-electron chi connectivity index (χ2n) is 6.43. The summed E-state index contributed by atoms with van der Waals surface area (Å²) in [5, 5.41) is 2.53. The summed E-state index contributed by atoms with van der Waals surface area (Å²) in [4.78, 5) is 26.7. The van der Waals surface area contributed by atoms with Crippen molar-refractivity contribution in [2.45, 2.75) is 19.8 Å². The quantitative estimate of drug-likeness (QED) is 0.641. The van der Waals surface area contributed by atoms with E-state index in [2.05, 4.69) is 5.32 Å². The van der Waals surface area contributed by atoms with Crippen molar-refractivity contribution in [3.63, 3.8) is 0 Å². The lowest BCUT2D eigenvalue weighted by molar-refractivity contribution is -0.122. The summed E-state index contributed by atoms with van der Waals surface area (Å²) in [5.41, 5.74) is 2.34. The fourth-order valence-electron chi connectivity index (χ4n) is 2.86. The lowest BCUT2D eigenvalue weighted by Crippen LogP contribution is -2.27. The van der Waals surface area contributed by atoms with Gasteiger partial charge in [0.15, 0.2) is 0 Å². The van der Waals surface area contributed by atoms with Gasteiger partial charge in [-0.2, -0.15) is 0 Å². The molecule has 0 aromatic heterocycles. The van der Waals surface area contributed by atoms with E-state index in [0.29, 0.717) is 0 Å². The molecule has 5 heteroatoms. The van der Waals surface area contributed by atoms with E-state index in [1.54, 1.807) is 17.9 Å². The average Bonchev–Trinajstić information content (AvgIpc) is 2.70. The summed E-state index contributed by atoms with van der Waals surface area (Å²) >= 11 is 0. The third-order valence-electron chi connectivity index (χ3n) is 4.24. The average molecular weight is 376 g/mol. The van der Waals surface area contributed by atoms with Crippen LogP contribution in [0.5, 0.6) is 0 Å². The van der Waals surface area contributed by atoms with Crippen molar-refractivity contribution in [3.8, 4) is 0 Å². The first-order valence-corrected chi connectivity index (χ1v) is 9.03. The number of amides is 2. The number of hydrogen-bond donors (Lipinski definition) is 1. The van der Waals surface area contributed by atoms with Gasteiger partial charge in [0.25, 0.3) is 0 Å². The second-order valence-corrected chi connectivity index (χ2v) is 6.43. The topological polar surface area (TPSA) is 49.4 Å². The highest BCUT2D eigenvalue weighted by Crippen LogP contribution is 2.26. The molecule has 0 radical (unpaired) electrons. The molecule has 0 unspecified atom stereocenters. The molecule has 0 aliphatic rings. The van der Waals surface area contributed by atoms with Crippen LogP contribution in [0.3, 0.4) is 0 Å². The first-order chi connectivity index (χ1) is 13.5. The smallest absolute Gasteiger partial charge is 0.232 e.